The third kappa shape index (κ3) is 5.55. The molecule has 0 amide bonds. The number of hydrogen-bond donors (Lipinski definition) is 1. The van der Waals surface area contributed by atoms with Gasteiger partial charge in [-0.05, 0) is 20.8 Å². The normalized spacial score (nSPS) is 15.4. The molecule has 0 aliphatic carbocycles. The summed E-state index contributed by atoms with van der Waals surface area (Å²) < 4.78 is 5.04. The summed E-state index contributed by atoms with van der Waals surface area (Å²) in [5.74, 6) is -0.783. The SMILES string of the molecule is C[C@H](CC(=O)OC(C)(C)C)C(O)C#N. The Kier molecular flexibility index (Phi) is 4.58. The van der Waals surface area contributed by atoms with E-state index >= 15 is 0 Å². The van der Waals surface area contributed by atoms with Crippen molar-refractivity contribution in [3.8, 4) is 6.07 Å². The average molecular weight is 199 g/mol. The van der Waals surface area contributed by atoms with E-state index in [1.165, 1.54) is 0 Å². The lowest BCUT2D eigenvalue weighted by atomic mass is 10.0. The fourth-order valence-corrected chi connectivity index (χ4v) is 0.885. The molecular weight excluding hydrogens is 182 g/mol. The Morgan fingerprint density at radius 3 is 2.43 bits per heavy atom. The molecule has 0 heterocycles. The second kappa shape index (κ2) is 4.97. The molecule has 0 spiro atoms. The second-order valence-corrected chi connectivity index (χ2v) is 4.34. The third-order valence-electron chi connectivity index (χ3n) is 1.58. The van der Waals surface area contributed by atoms with Crippen LogP contribution in [0.4, 0.5) is 0 Å². The van der Waals surface area contributed by atoms with Gasteiger partial charge in [0, 0.05) is 5.92 Å². The largest absolute Gasteiger partial charge is 0.460 e. The average Bonchev–Trinajstić information content (AvgIpc) is 1.99. The number of nitriles is 1. The van der Waals surface area contributed by atoms with Gasteiger partial charge in [-0.2, -0.15) is 5.26 Å². The van der Waals surface area contributed by atoms with Crippen LogP contribution in [0.1, 0.15) is 34.1 Å². The van der Waals surface area contributed by atoms with Crippen molar-refractivity contribution in [2.75, 3.05) is 0 Å². The summed E-state index contributed by atoms with van der Waals surface area (Å²) in [6, 6.07) is 1.68. The number of nitrogens with zero attached hydrogens (tertiary/aromatic N) is 1. The van der Waals surface area contributed by atoms with Gasteiger partial charge in [-0.1, -0.05) is 6.92 Å². The molecule has 2 atom stereocenters. The molecule has 0 aromatic carbocycles. The first-order chi connectivity index (χ1) is 6.26. The molecule has 0 rings (SSSR count). The number of aliphatic hydroxyl groups excluding tert-OH is 1. The van der Waals surface area contributed by atoms with Crippen molar-refractivity contribution in [1.82, 2.24) is 0 Å². The topological polar surface area (TPSA) is 70.3 Å². The Hall–Kier alpha value is -1.08. The van der Waals surface area contributed by atoms with Gasteiger partial charge >= 0.3 is 5.97 Å². The van der Waals surface area contributed by atoms with Gasteiger partial charge in [-0.3, -0.25) is 4.79 Å². The van der Waals surface area contributed by atoms with Crippen molar-refractivity contribution < 1.29 is 14.6 Å². The fraction of sp³-hybridized carbons (Fsp3) is 0.800. The van der Waals surface area contributed by atoms with E-state index in [0.29, 0.717) is 0 Å². The zero-order chi connectivity index (χ0) is 11.4. The molecule has 1 unspecified atom stereocenters. The maximum absolute atomic E-state index is 11.2. The number of rotatable bonds is 3. The van der Waals surface area contributed by atoms with Gasteiger partial charge in [0.2, 0.25) is 0 Å². The molecular formula is C10H17NO3. The van der Waals surface area contributed by atoms with E-state index in [2.05, 4.69) is 0 Å². The highest BCUT2D eigenvalue weighted by molar-refractivity contribution is 5.70. The van der Waals surface area contributed by atoms with E-state index in [9.17, 15) is 4.79 Å². The van der Waals surface area contributed by atoms with Gasteiger partial charge < -0.3 is 9.84 Å². The molecule has 4 heteroatoms. The Labute approximate surface area is 84.5 Å². The van der Waals surface area contributed by atoms with Crippen LogP contribution in [0.25, 0.3) is 0 Å². The summed E-state index contributed by atoms with van der Waals surface area (Å²) in [5, 5.41) is 17.5. The van der Waals surface area contributed by atoms with E-state index < -0.39 is 17.6 Å². The van der Waals surface area contributed by atoms with Crippen LogP contribution in [-0.4, -0.2) is 22.8 Å². The van der Waals surface area contributed by atoms with Gasteiger partial charge in [0.1, 0.15) is 11.7 Å². The van der Waals surface area contributed by atoms with Crippen LogP contribution in [0.3, 0.4) is 0 Å². The number of aliphatic hydroxyl groups is 1. The zero-order valence-corrected chi connectivity index (χ0v) is 9.07. The minimum absolute atomic E-state index is 0.0615. The second-order valence-electron chi connectivity index (χ2n) is 4.34. The summed E-state index contributed by atoms with van der Waals surface area (Å²) >= 11 is 0. The highest BCUT2D eigenvalue weighted by Crippen LogP contribution is 2.13. The number of carbonyl (C=O) groups is 1. The maximum Gasteiger partial charge on any atom is 0.306 e. The molecule has 0 aliphatic rings. The van der Waals surface area contributed by atoms with Crippen LogP contribution >= 0.6 is 0 Å². The molecule has 14 heavy (non-hydrogen) atoms. The van der Waals surface area contributed by atoms with E-state index in [-0.39, 0.29) is 12.4 Å². The highest BCUT2D eigenvalue weighted by Gasteiger charge is 2.21. The number of hydrogen-bond acceptors (Lipinski definition) is 4. The van der Waals surface area contributed by atoms with Crippen LogP contribution in [0.2, 0.25) is 0 Å². The van der Waals surface area contributed by atoms with Gasteiger partial charge in [0.15, 0.2) is 0 Å². The minimum atomic E-state index is -1.11. The molecule has 0 fully saturated rings. The maximum atomic E-state index is 11.2. The van der Waals surface area contributed by atoms with Crippen LogP contribution in [0, 0.1) is 17.2 Å². The Balaban J connectivity index is 4.03. The molecule has 4 nitrogen and oxygen atoms in total. The lowest BCUT2D eigenvalue weighted by Crippen LogP contribution is -2.27. The quantitative estimate of drug-likeness (QED) is 0.548. The monoisotopic (exact) mass is 199 g/mol. The third-order valence-corrected chi connectivity index (χ3v) is 1.58. The lowest BCUT2D eigenvalue weighted by molar-refractivity contribution is -0.156. The molecule has 80 valence electrons. The van der Waals surface area contributed by atoms with Crippen molar-refractivity contribution in [1.29, 1.82) is 5.26 Å². The summed E-state index contributed by atoms with van der Waals surface area (Å²) in [5.41, 5.74) is -0.519. The fourth-order valence-electron chi connectivity index (χ4n) is 0.885. The summed E-state index contributed by atoms with van der Waals surface area (Å²) in [7, 11) is 0. The van der Waals surface area contributed by atoms with Gasteiger partial charge in [0.25, 0.3) is 0 Å². The Morgan fingerprint density at radius 2 is 2.07 bits per heavy atom. The van der Waals surface area contributed by atoms with Crippen LogP contribution in [0.15, 0.2) is 0 Å². The van der Waals surface area contributed by atoms with Gasteiger partial charge in [0.05, 0.1) is 12.5 Å². The lowest BCUT2D eigenvalue weighted by Gasteiger charge is -2.21. The number of ether oxygens (including phenoxy) is 1. The van der Waals surface area contributed by atoms with E-state index in [1.54, 1.807) is 33.8 Å². The van der Waals surface area contributed by atoms with Crippen LogP contribution < -0.4 is 0 Å². The highest BCUT2D eigenvalue weighted by atomic mass is 16.6. The molecule has 1 N–H and O–H groups in total. The van der Waals surface area contributed by atoms with Gasteiger partial charge in [-0.25, -0.2) is 0 Å². The first kappa shape index (κ1) is 12.9. The molecule has 0 aromatic rings. The number of esters is 1. The minimum Gasteiger partial charge on any atom is -0.460 e. The van der Waals surface area contributed by atoms with E-state index in [0.717, 1.165) is 0 Å². The van der Waals surface area contributed by atoms with E-state index in [1.807, 2.05) is 0 Å². The predicted octanol–water partition coefficient (Wildman–Crippen LogP) is 1.24. The van der Waals surface area contributed by atoms with Crippen LogP contribution in [-0.2, 0) is 9.53 Å². The van der Waals surface area contributed by atoms with Crippen molar-refractivity contribution >= 4 is 5.97 Å². The molecule has 0 radical (unpaired) electrons. The smallest absolute Gasteiger partial charge is 0.306 e. The first-order valence-corrected chi connectivity index (χ1v) is 4.56. The van der Waals surface area contributed by atoms with Crippen molar-refractivity contribution in [3.05, 3.63) is 0 Å². The number of carbonyl (C=O) groups excluding carboxylic acids is 1. The van der Waals surface area contributed by atoms with Crippen LogP contribution in [0.5, 0.6) is 0 Å². The standard InChI is InChI=1S/C10H17NO3/c1-7(8(12)6-11)5-9(13)14-10(2,3)4/h7-8,12H,5H2,1-4H3/t7-,8?/m1/s1. The van der Waals surface area contributed by atoms with Gasteiger partial charge in [-0.15, -0.1) is 0 Å². The summed E-state index contributed by atoms with van der Waals surface area (Å²) in [6.07, 6.45) is -1.05. The van der Waals surface area contributed by atoms with Crippen molar-refractivity contribution in [2.24, 2.45) is 5.92 Å². The molecule has 0 aliphatic heterocycles. The van der Waals surface area contributed by atoms with E-state index in [4.69, 9.17) is 15.1 Å². The molecule has 0 saturated carbocycles. The molecule has 0 aromatic heterocycles. The molecule has 0 saturated heterocycles. The van der Waals surface area contributed by atoms with Crippen molar-refractivity contribution in [2.45, 2.75) is 45.8 Å². The molecule has 0 bridgehead atoms. The van der Waals surface area contributed by atoms with Crippen molar-refractivity contribution in [3.63, 3.8) is 0 Å². The Morgan fingerprint density at radius 1 is 1.57 bits per heavy atom. The zero-order valence-electron chi connectivity index (χ0n) is 9.07. The Bertz CT molecular complexity index is 237. The summed E-state index contributed by atoms with van der Waals surface area (Å²) in [6.45, 7) is 6.96. The first-order valence-electron chi connectivity index (χ1n) is 4.56. The predicted molar refractivity (Wildman–Crippen MR) is 51.2 cm³/mol. The summed E-state index contributed by atoms with van der Waals surface area (Å²) in [4.78, 5) is 11.2.